The van der Waals surface area contributed by atoms with Gasteiger partial charge in [0, 0.05) is 18.1 Å². The minimum Gasteiger partial charge on any atom is -0.329 e. The highest BCUT2D eigenvalue weighted by Crippen LogP contribution is 2.49. The van der Waals surface area contributed by atoms with Crippen LogP contribution in [0.3, 0.4) is 0 Å². The monoisotopic (exact) mass is 278 g/mol. The van der Waals surface area contributed by atoms with Gasteiger partial charge in [-0.2, -0.15) is 0 Å². The van der Waals surface area contributed by atoms with E-state index in [4.69, 9.17) is 5.73 Å². The molecule has 3 unspecified atom stereocenters. The molecule has 0 bridgehead atoms. The van der Waals surface area contributed by atoms with Crippen molar-refractivity contribution in [1.29, 1.82) is 0 Å². The number of nitrogens with zero attached hydrogens (tertiary/aromatic N) is 1. The zero-order valence-corrected chi connectivity index (χ0v) is 13.4. The Balaban J connectivity index is 1.74. The minimum atomic E-state index is 0.367. The molecule has 2 heteroatoms. The molecule has 2 aliphatic carbocycles. The maximum atomic E-state index is 6.37. The molecule has 3 atom stereocenters. The Bertz CT molecular complexity index is 311. The molecule has 3 fully saturated rings. The number of piperidine rings is 1. The van der Waals surface area contributed by atoms with Gasteiger partial charge in [-0.25, -0.2) is 0 Å². The molecule has 0 aromatic heterocycles. The lowest BCUT2D eigenvalue weighted by Gasteiger charge is -2.53. The quantitative estimate of drug-likeness (QED) is 0.825. The molecule has 0 aromatic rings. The largest absolute Gasteiger partial charge is 0.329 e. The fourth-order valence-corrected chi connectivity index (χ4v) is 5.18. The second-order valence-corrected chi connectivity index (χ2v) is 7.75. The van der Waals surface area contributed by atoms with E-state index in [0.717, 1.165) is 24.4 Å². The molecule has 1 saturated heterocycles. The van der Waals surface area contributed by atoms with Gasteiger partial charge < -0.3 is 5.73 Å². The van der Waals surface area contributed by atoms with Crippen molar-refractivity contribution in [3.05, 3.63) is 0 Å². The van der Waals surface area contributed by atoms with E-state index in [0.29, 0.717) is 5.54 Å². The smallest absolute Gasteiger partial charge is 0.0337 e. The molecule has 0 radical (unpaired) electrons. The van der Waals surface area contributed by atoms with Crippen LogP contribution in [0.5, 0.6) is 0 Å². The second kappa shape index (κ2) is 6.36. The highest BCUT2D eigenvalue weighted by molar-refractivity contribution is 5.02. The van der Waals surface area contributed by atoms with Gasteiger partial charge in [-0.1, -0.05) is 32.6 Å². The summed E-state index contributed by atoms with van der Waals surface area (Å²) in [5, 5.41) is 0. The molecule has 116 valence electrons. The van der Waals surface area contributed by atoms with E-state index in [2.05, 4.69) is 11.8 Å². The molecule has 0 amide bonds. The van der Waals surface area contributed by atoms with Crippen LogP contribution in [-0.4, -0.2) is 29.6 Å². The third-order valence-electron chi connectivity index (χ3n) is 6.39. The molecule has 2 N–H and O–H groups in total. The second-order valence-electron chi connectivity index (χ2n) is 7.75. The summed E-state index contributed by atoms with van der Waals surface area (Å²) >= 11 is 0. The fraction of sp³-hybridized carbons (Fsp3) is 1.00. The molecular formula is C18H34N2. The zero-order chi connectivity index (χ0) is 14.0. The topological polar surface area (TPSA) is 29.3 Å². The van der Waals surface area contributed by atoms with E-state index in [1.165, 1.54) is 77.2 Å². The standard InChI is InChI=1S/C18H34N2/c1-2-6-17-8-3-4-12-20(17)18(14-19)11-5-7-16(13-18)15-9-10-15/h15-17H,2-14,19H2,1H3. The molecule has 0 aromatic carbocycles. The van der Waals surface area contributed by atoms with E-state index in [1.807, 2.05) is 0 Å². The number of likely N-dealkylation sites (tertiary alicyclic amines) is 1. The highest BCUT2D eigenvalue weighted by atomic mass is 15.2. The lowest BCUT2D eigenvalue weighted by molar-refractivity contribution is -0.0225. The van der Waals surface area contributed by atoms with Crippen molar-refractivity contribution in [2.24, 2.45) is 17.6 Å². The average Bonchev–Trinajstić information content (AvgIpc) is 3.33. The van der Waals surface area contributed by atoms with Gasteiger partial charge in [0.15, 0.2) is 0 Å². The third kappa shape index (κ3) is 2.92. The van der Waals surface area contributed by atoms with Crippen LogP contribution < -0.4 is 5.73 Å². The Morgan fingerprint density at radius 2 is 1.90 bits per heavy atom. The first-order chi connectivity index (χ1) is 9.79. The van der Waals surface area contributed by atoms with Crippen molar-refractivity contribution >= 4 is 0 Å². The summed E-state index contributed by atoms with van der Waals surface area (Å²) in [5.41, 5.74) is 6.74. The zero-order valence-electron chi connectivity index (χ0n) is 13.4. The molecular weight excluding hydrogens is 244 g/mol. The van der Waals surface area contributed by atoms with Crippen molar-refractivity contribution in [3.63, 3.8) is 0 Å². The van der Waals surface area contributed by atoms with Gasteiger partial charge >= 0.3 is 0 Å². The first-order valence-electron chi connectivity index (χ1n) is 9.26. The predicted octanol–water partition coefficient (Wildman–Crippen LogP) is 3.94. The molecule has 0 spiro atoms. The molecule has 2 nitrogen and oxygen atoms in total. The van der Waals surface area contributed by atoms with Gasteiger partial charge in [0.25, 0.3) is 0 Å². The minimum absolute atomic E-state index is 0.367. The third-order valence-corrected chi connectivity index (χ3v) is 6.39. The Kier molecular flexibility index (Phi) is 4.72. The predicted molar refractivity (Wildman–Crippen MR) is 85.7 cm³/mol. The molecule has 1 aliphatic heterocycles. The molecule has 20 heavy (non-hydrogen) atoms. The van der Waals surface area contributed by atoms with Crippen LogP contribution in [0.25, 0.3) is 0 Å². The molecule has 3 aliphatic rings. The van der Waals surface area contributed by atoms with Crippen molar-refractivity contribution < 1.29 is 0 Å². The summed E-state index contributed by atoms with van der Waals surface area (Å²) in [6.45, 7) is 4.56. The van der Waals surface area contributed by atoms with Crippen LogP contribution in [0.2, 0.25) is 0 Å². The summed E-state index contributed by atoms with van der Waals surface area (Å²) in [7, 11) is 0. The first-order valence-corrected chi connectivity index (χ1v) is 9.26. The highest BCUT2D eigenvalue weighted by Gasteiger charge is 2.46. The number of hydrogen-bond donors (Lipinski definition) is 1. The van der Waals surface area contributed by atoms with E-state index in [9.17, 15) is 0 Å². The first kappa shape index (κ1) is 14.8. The van der Waals surface area contributed by atoms with Gasteiger partial charge in [0.05, 0.1) is 0 Å². The van der Waals surface area contributed by atoms with E-state index in [1.54, 1.807) is 0 Å². The summed E-state index contributed by atoms with van der Waals surface area (Å²) in [5.74, 6) is 2.06. The van der Waals surface area contributed by atoms with Crippen molar-refractivity contribution in [2.45, 2.75) is 89.1 Å². The Hall–Kier alpha value is -0.0800. The summed E-state index contributed by atoms with van der Waals surface area (Å²) in [6.07, 6.45) is 15.7. The van der Waals surface area contributed by atoms with E-state index >= 15 is 0 Å². The maximum Gasteiger partial charge on any atom is 0.0337 e. The fourth-order valence-electron chi connectivity index (χ4n) is 5.18. The van der Waals surface area contributed by atoms with Gasteiger partial charge in [0.1, 0.15) is 0 Å². The Morgan fingerprint density at radius 3 is 2.60 bits per heavy atom. The summed E-state index contributed by atoms with van der Waals surface area (Å²) in [6, 6.07) is 0.829. The average molecular weight is 278 g/mol. The van der Waals surface area contributed by atoms with Crippen LogP contribution in [0.1, 0.15) is 77.6 Å². The number of rotatable bonds is 5. The maximum absolute atomic E-state index is 6.37. The van der Waals surface area contributed by atoms with E-state index in [-0.39, 0.29) is 0 Å². The van der Waals surface area contributed by atoms with Gasteiger partial charge in [-0.05, 0) is 63.3 Å². The van der Waals surface area contributed by atoms with Gasteiger partial charge in [-0.15, -0.1) is 0 Å². The number of nitrogens with two attached hydrogens (primary N) is 1. The lowest BCUT2D eigenvalue weighted by Crippen LogP contribution is -2.61. The van der Waals surface area contributed by atoms with Crippen LogP contribution in [0.15, 0.2) is 0 Å². The van der Waals surface area contributed by atoms with Crippen LogP contribution in [-0.2, 0) is 0 Å². The Labute approximate surface area is 125 Å². The van der Waals surface area contributed by atoms with Crippen molar-refractivity contribution in [1.82, 2.24) is 4.90 Å². The summed E-state index contributed by atoms with van der Waals surface area (Å²) < 4.78 is 0. The normalized spacial score (nSPS) is 39.9. The van der Waals surface area contributed by atoms with Crippen LogP contribution >= 0.6 is 0 Å². The molecule has 2 saturated carbocycles. The number of hydrogen-bond acceptors (Lipinski definition) is 2. The molecule has 1 heterocycles. The Morgan fingerprint density at radius 1 is 1.05 bits per heavy atom. The van der Waals surface area contributed by atoms with Crippen molar-refractivity contribution in [3.8, 4) is 0 Å². The van der Waals surface area contributed by atoms with Crippen molar-refractivity contribution in [2.75, 3.05) is 13.1 Å². The van der Waals surface area contributed by atoms with E-state index < -0.39 is 0 Å². The van der Waals surface area contributed by atoms with Gasteiger partial charge in [0.2, 0.25) is 0 Å². The SMILES string of the molecule is CCCC1CCCCN1C1(CN)CCCC(C2CC2)C1. The lowest BCUT2D eigenvalue weighted by atomic mass is 9.71. The molecule has 3 rings (SSSR count). The van der Waals surface area contributed by atoms with Gasteiger partial charge in [-0.3, -0.25) is 4.90 Å². The van der Waals surface area contributed by atoms with Crippen LogP contribution in [0.4, 0.5) is 0 Å². The summed E-state index contributed by atoms with van der Waals surface area (Å²) in [4.78, 5) is 2.90. The van der Waals surface area contributed by atoms with Crippen LogP contribution in [0, 0.1) is 11.8 Å².